The zero-order chi connectivity index (χ0) is 34.5. The summed E-state index contributed by atoms with van der Waals surface area (Å²) in [5, 5.41) is 18.2. The maximum atomic E-state index is 13.1. The number of tetrazole rings is 1. The molecule has 7 aromatic rings. The molecule has 0 radical (unpaired) electrons. The first kappa shape index (κ1) is 33.3. The van der Waals surface area contributed by atoms with Crippen molar-refractivity contribution < 1.29 is 4.74 Å². The van der Waals surface area contributed by atoms with Crippen molar-refractivity contribution in [3.05, 3.63) is 181 Å². The molecule has 0 saturated carbocycles. The van der Waals surface area contributed by atoms with Crippen molar-refractivity contribution in [3.8, 4) is 28.4 Å². The van der Waals surface area contributed by atoms with Crippen molar-refractivity contribution in [2.24, 2.45) is 0 Å². The van der Waals surface area contributed by atoms with Crippen LogP contribution in [0.4, 0.5) is 0 Å². The van der Waals surface area contributed by atoms with Crippen molar-refractivity contribution in [1.82, 2.24) is 30.0 Å². The van der Waals surface area contributed by atoms with Gasteiger partial charge in [0.05, 0.1) is 13.2 Å². The van der Waals surface area contributed by atoms with E-state index in [2.05, 4.69) is 108 Å². The summed E-state index contributed by atoms with van der Waals surface area (Å²) in [6.45, 7) is 2.79. The van der Waals surface area contributed by atoms with Gasteiger partial charge in [-0.15, -0.1) is 10.2 Å². The number of hydrogen-bond acceptors (Lipinski definition) is 6. The SMILES string of the molecule is CCCOc1nn(Cc2ccc(-c3ccccc3-c3nnnn3C(c3ccccc3)(c3ccccc3)c3ccccc3)cc2)c(=O)c(Br)c1Br. The van der Waals surface area contributed by atoms with E-state index in [0.29, 0.717) is 27.3 Å². The van der Waals surface area contributed by atoms with Gasteiger partial charge in [0, 0.05) is 5.56 Å². The largest absolute Gasteiger partial charge is 0.476 e. The number of halogens is 2. The summed E-state index contributed by atoms with van der Waals surface area (Å²) >= 11 is 6.83. The van der Waals surface area contributed by atoms with E-state index in [-0.39, 0.29) is 12.1 Å². The molecule has 0 aliphatic carbocycles. The van der Waals surface area contributed by atoms with Crippen LogP contribution in [0.1, 0.15) is 35.6 Å². The Morgan fingerprint density at radius 2 is 1.22 bits per heavy atom. The van der Waals surface area contributed by atoms with Crippen LogP contribution in [0.15, 0.2) is 153 Å². The quantitative estimate of drug-likeness (QED) is 0.122. The van der Waals surface area contributed by atoms with Gasteiger partial charge in [-0.05, 0) is 82.1 Å². The van der Waals surface area contributed by atoms with Crippen LogP contribution in [0.5, 0.6) is 5.88 Å². The van der Waals surface area contributed by atoms with E-state index >= 15 is 0 Å². The van der Waals surface area contributed by atoms with Gasteiger partial charge in [0.2, 0.25) is 5.88 Å². The Balaban J connectivity index is 1.32. The van der Waals surface area contributed by atoms with E-state index < -0.39 is 5.54 Å². The van der Waals surface area contributed by atoms with E-state index in [0.717, 1.165) is 45.4 Å². The molecule has 8 nitrogen and oxygen atoms in total. The first-order valence-corrected chi connectivity index (χ1v) is 17.8. The third kappa shape index (κ3) is 6.21. The predicted octanol–water partition coefficient (Wildman–Crippen LogP) is 8.77. The van der Waals surface area contributed by atoms with Crippen LogP contribution in [-0.2, 0) is 12.1 Å². The van der Waals surface area contributed by atoms with Gasteiger partial charge in [-0.25, -0.2) is 9.36 Å². The monoisotopic (exact) mass is 786 g/mol. The summed E-state index contributed by atoms with van der Waals surface area (Å²) in [5.41, 5.74) is 5.70. The predicted molar refractivity (Wildman–Crippen MR) is 202 cm³/mol. The average Bonchev–Trinajstić information content (AvgIpc) is 3.66. The Kier molecular flexibility index (Phi) is 9.82. The van der Waals surface area contributed by atoms with Gasteiger partial charge in [-0.1, -0.05) is 146 Å². The Bertz CT molecular complexity index is 2180. The molecule has 0 saturated heterocycles. The van der Waals surface area contributed by atoms with Gasteiger partial charge in [0.25, 0.3) is 5.56 Å². The summed E-state index contributed by atoms with van der Waals surface area (Å²) in [6, 6.07) is 47.3. The minimum Gasteiger partial charge on any atom is -0.476 e. The van der Waals surface area contributed by atoms with Crippen LogP contribution in [-0.4, -0.2) is 36.6 Å². The van der Waals surface area contributed by atoms with Crippen LogP contribution < -0.4 is 10.3 Å². The van der Waals surface area contributed by atoms with Crippen molar-refractivity contribution in [1.29, 1.82) is 0 Å². The number of benzene rings is 5. The maximum Gasteiger partial charge on any atom is 0.282 e. The van der Waals surface area contributed by atoms with Gasteiger partial charge in [-0.2, -0.15) is 0 Å². The lowest BCUT2D eigenvalue weighted by Gasteiger charge is -2.36. The molecule has 5 aromatic carbocycles. The number of nitrogens with zero attached hydrogens (tertiary/aromatic N) is 6. The van der Waals surface area contributed by atoms with Crippen LogP contribution in [0.2, 0.25) is 0 Å². The third-order valence-electron chi connectivity index (χ3n) is 8.58. The molecule has 0 aliphatic rings. The van der Waals surface area contributed by atoms with Gasteiger partial charge in [0.15, 0.2) is 5.82 Å². The van der Waals surface area contributed by atoms with Crippen LogP contribution >= 0.6 is 31.9 Å². The lowest BCUT2D eigenvalue weighted by atomic mass is 9.77. The zero-order valence-corrected chi connectivity index (χ0v) is 30.3. The third-order valence-corrected chi connectivity index (χ3v) is 10.6. The highest BCUT2D eigenvalue weighted by molar-refractivity contribution is 9.13. The molecule has 0 N–H and O–H groups in total. The summed E-state index contributed by atoms with van der Waals surface area (Å²) in [7, 11) is 0. The highest BCUT2D eigenvalue weighted by atomic mass is 79.9. The second-order valence-electron chi connectivity index (χ2n) is 11.7. The summed E-state index contributed by atoms with van der Waals surface area (Å²) in [4.78, 5) is 13.1. The second-order valence-corrected chi connectivity index (χ2v) is 13.3. The zero-order valence-electron chi connectivity index (χ0n) is 27.2. The van der Waals surface area contributed by atoms with Gasteiger partial charge >= 0.3 is 0 Å². The molecule has 50 heavy (non-hydrogen) atoms. The lowest BCUT2D eigenvalue weighted by Crippen LogP contribution is -2.39. The Morgan fingerprint density at radius 1 is 0.680 bits per heavy atom. The summed E-state index contributed by atoms with van der Waals surface area (Å²) in [5.74, 6) is 0.996. The molecule has 0 spiro atoms. The lowest BCUT2D eigenvalue weighted by molar-refractivity contribution is 0.292. The molecule has 0 bridgehead atoms. The molecular weight excluding hydrogens is 756 g/mol. The first-order valence-electron chi connectivity index (χ1n) is 16.3. The van der Waals surface area contributed by atoms with Crippen molar-refractivity contribution >= 4 is 31.9 Å². The minimum absolute atomic E-state index is 0.249. The van der Waals surface area contributed by atoms with Gasteiger partial charge in [0.1, 0.15) is 14.5 Å². The van der Waals surface area contributed by atoms with Crippen molar-refractivity contribution in [2.45, 2.75) is 25.4 Å². The number of aromatic nitrogens is 6. The van der Waals surface area contributed by atoms with E-state index in [1.165, 1.54) is 4.68 Å². The fourth-order valence-corrected chi connectivity index (χ4v) is 7.01. The molecule has 248 valence electrons. The van der Waals surface area contributed by atoms with Gasteiger partial charge in [-0.3, -0.25) is 4.79 Å². The fourth-order valence-electron chi connectivity index (χ4n) is 6.28. The molecule has 7 rings (SSSR count). The fraction of sp³-hybridized carbons (Fsp3) is 0.125. The minimum atomic E-state index is -0.876. The molecule has 0 aliphatic heterocycles. The number of ether oxygens (including phenoxy) is 1. The van der Waals surface area contributed by atoms with Crippen LogP contribution in [0.25, 0.3) is 22.5 Å². The average molecular weight is 789 g/mol. The van der Waals surface area contributed by atoms with E-state index in [1.807, 2.05) is 90.5 Å². The topological polar surface area (TPSA) is 87.7 Å². The number of hydrogen-bond donors (Lipinski definition) is 0. The van der Waals surface area contributed by atoms with Crippen LogP contribution in [0, 0.1) is 0 Å². The standard InChI is InChI=1S/C40H32Br2N6O2/c1-2-26-50-38-35(41)36(42)39(49)47(44-38)27-28-22-24-29(25-23-28)33-20-12-13-21-34(33)37-43-45-46-48(37)40(30-14-6-3-7-15-30,31-16-8-4-9-17-31)32-18-10-5-11-19-32/h3-25H,2,26-27H2,1H3. The Morgan fingerprint density at radius 3 is 1.78 bits per heavy atom. The Hall–Kier alpha value is -5.19. The van der Waals surface area contributed by atoms with E-state index in [9.17, 15) is 4.79 Å². The number of rotatable bonds is 11. The molecule has 0 unspecified atom stereocenters. The summed E-state index contributed by atoms with van der Waals surface area (Å²) < 4.78 is 10.0. The second kappa shape index (κ2) is 14.7. The van der Waals surface area contributed by atoms with E-state index in [4.69, 9.17) is 9.95 Å². The van der Waals surface area contributed by atoms with Crippen molar-refractivity contribution in [2.75, 3.05) is 6.61 Å². The molecule has 0 fully saturated rings. The molecule has 10 heteroatoms. The van der Waals surface area contributed by atoms with E-state index in [1.54, 1.807) is 0 Å². The summed E-state index contributed by atoms with van der Waals surface area (Å²) in [6.07, 6.45) is 0.825. The van der Waals surface area contributed by atoms with Gasteiger partial charge < -0.3 is 4.74 Å². The maximum absolute atomic E-state index is 13.1. The highest BCUT2D eigenvalue weighted by Gasteiger charge is 2.42. The molecular formula is C40H32Br2N6O2. The normalized spacial score (nSPS) is 11.4. The highest BCUT2D eigenvalue weighted by Crippen LogP contribution is 2.43. The Labute approximate surface area is 306 Å². The molecule has 0 amide bonds. The first-order chi connectivity index (χ1) is 24.5. The van der Waals surface area contributed by atoms with Crippen molar-refractivity contribution in [3.63, 3.8) is 0 Å². The molecule has 0 atom stereocenters. The molecule has 2 heterocycles. The molecule has 2 aromatic heterocycles. The smallest absolute Gasteiger partial charge is 0.282 e. The van der Waals surface area contributed by atoms with Crippen LogP contribution in [0.3, 0.4) is 0 Å².